The Morgan fingerprint density at radius 1 is 1.62 bits per heavy atom. The van der Waals surface area contributed by atoms with Crippen molar-refractivity contribution in [2.45, 2.75) is 0 Å². The molecule has 0 saturated heterocycles. The maximum absolute atomic E-state index is 11.0. The highest BCUT2D eigenvalue weighted by Crippen LogP contribution is 2.21. The summed E-state index contributed by atoms with van der Waals surface area (Å²) in [6.45, 7) is 0. The van der Waals surface area contributed by atoms with Gasteiger partial charge in [0.1, 0.15) is 5.56 Å². The van der Waals surface area contributed by atoms with Crippen LogP contribution in [0.25, 0.3) is 0 Å². The molecule has 0 aliphatic rings. The Kier molecular flexibility index (Phi) is 2.57. The second-order valence-corrected chi connectivity index (χ2v) is 2.50. The average molecular weight is 204 g/mol. The second kappa shape index (κ2) is 3.49. The van der Waals surface area contributed by atoms with Crippen LogP contribution in [0.5, 0.6) is 0 Å². The summed E-state index contributed by atoms with van der Waals surface area (Å²) < 4.78 is 9.06. The molecule has 5 nitrogen and oxygen atoms in total. The third-order valence-corrected chi connectivity index (χ3v) is 1.62. The van der Waals surface area contributed by atoms with E-state index in [9.17, 15) is 9.59 Å². The molecule has 70 valence electrons. The Morgan fingerprint density at radius 2 is 2.23 bits per heavy atom. The van der Waals surface area contributed by atoms with E-state index in [1.54, 1.807) is 0 Å². The van der Waals surface area contributed by atoms with Crippen LogP contribution in [0, 0.1) is 0 Å². The fourth-order valence-electron chi connectivity index (χ4n) is 0.739. The van der Waals surface area contributed by atoms with Crippen molar-refractivity contribution in [1.82, 2.24) is 0 Å². The van der Waals surface area contributed by atoms with E-state index in [0.29, 0.717) is 0 Å². The lowest BCUT2D eigenvalue weighted by molar-refractivity contribution is 0.0600. The molecular formula is C7H6ClNO4. The van der Waals surface area contributed by atoms with E-state index in [4.69, 9.17) is 17.3 Å². The number of amides is 1. The lowest BCUT2D eigenvalue weighted by Gasteiger charge is -1.92. The van der Waals surface area contributed by atoms with E-state index < -0.39 is 11.9 Å². The zero-order valence-electron chi connectivity index (χ0n) is 6.67. The number of carbonyl (C=O) groups is 2. The summed E-state index contributed by atoms with van der Waals surface area (Å²) in [5, 5.41) is -0.208. The molecule has 0 atom stereocenters. The van der Waals surface area contributed by atoms with Crippen LogP contribution < -0.4 is 5.73 Å². The number of esters is 1. The molecule has 0 spiro atoms. The van der Waals surface area contributed by atoms with Gasteiger partial charge in [-0.3, -0.25) is 4.79 Å². The van der Waals surface area contributed by atoms with Gasteiger partial charge in [0.15, 0.2) is 5.76 Å². The van der Waals surface area contributed by atoms with E-state index in [2.05, 4.69) is 9.15 Å². The zero-order valence-corrected chi connectivity index (χ0v) is 7.42. The first-order valence-electron chi connectivity index (χ1n) is 3.23. The number of halogens is 1. The summed E-state index contributed by atoms with van der Waals surface area (Å²) in [5.41, 5.74) is 4.88. The number of ether oxygens (including phenoxy) is 1. The van der Waals surface area contributed by atoms with Crippen LogP contribution in [-0.2, 0) is 4.74 Å². The van der Waals surface area contributed by atoms with Crippen molar-refractivity contribution in [2.75, 3.05) is 7.11 Å². The number of hydrogen-bond acceptors (Lipinski definition) is 4. The first kappa shape index (κ1) is 9.60. The Balaban J connectivity index is 3.10. The second-order valence-electron chi connectivity index (χ2n) is 2.15. The third kappa shape index (κ3) is 1.81. The number of primary amides is 1. The van der Waals surface area contributed by atoms with Crippen LogP contribution in [0.15, 0.2) is 10.5 Å². The molecule has 1 rings (SSSR count). The minimum absolute atomic E-state index is 0.0158. The molecule has 13 heavy (non-hydrogen) atoms. The highest BCUT2D eigenvalue weighted by atomic mass is 35.5. The van der Waals surface area contributed by atoms with Crippen LogP contribution in [0.1, 0.15) is 20.9 Å². The van der Waals surface area contributed by atoms with Gasteiger partial charge in [-0.05, 0) is 11.6 Å². The van der Waals surface area contributed by atoms with E-state index >= 15 is 0 Å². The molecule has 0 saturated carbocycles. The first-order valence-corrected chi connectivity index (χ1v) is 3.61. The first-order chi connectivity index (χ1) is 6.06. The van der Waals surface area contributed by atoms with Crippen molar-refractivity contribution < 1.29 is 18.7 Å². The maximum Gasteiger partial charge on any atom is 0.342 e. The summed E-state index contributed by atoms with van der Waals surface area (Å²) in [6.07, 6.45) is 0. The summed E-state index contributed by atoms with van der Waals surface area (Å²) >= 11 is 5.49. The van der Waals surface area contributed by atoms with Gasteiger partial charge in [-0.15, -0.1) is 0 Å². The SMILES string of the molecule is COC(=O)c1cc(C(N)=O)oc1Cl. The molecule has 0 bridgehead atoms. The smallest absolute Gasteiger partial charge is 0.342 e. The molecule has 0 radical (unpaired) electrons. The molecule has 0 aliphatic carbocycles. The van der Waals surface area contributed by atoms with Crippen LogP contribution in [0.3, 0.4) is 0 Å². The van der Waals surface area contributed by atoms with E-state index in [0.717, 1.165) is 6.07 Å². The van der Waals surface area contributed by atoms with Crippen LogP contribution in [0.4, 0.5) is 0 Å². The van der Waals surface area contributed by atoms with Crippen molar-refractivity contribution in [3.05, 3.63) is 22.6 Å². The standard InChI is InChI=1S/C7H6ClNO4/c1-12-7(11)3-2-4(6(9)10)13-5(3)8/h2H,1H3,(H2,9,10). The van der Waals surface area contributed by atoms with Gasteiger partial charge in [-0.2, -0.15) is 0 Å². The number of hydrogen-bond donors (Lipinski definition) is 1. The summed E-state index contributed by atoms with van der Waals surface area (Å²) in [6, 6.07) is 1.14. The topological polar surface area (TPSA) is 82.5 Å². The number of nitrogens with two attached hydrogens (primary N) is 1. The molecule has 6 heteroatoms. The predicted molar refractivity (Wildman–Crippen MR) is 43.6 cm³/mol. The number of methoxy groups -OCH3 is 1. The number of rotatable bonds is 2. The lowest BCUT2D eigenvalue weighted by Crippen LogP contribution is -2.09. The molecule has 1 amide bonds. The molecule has 0 aliphatic heterocycles. The molecule has 0 aromatic carbocycles. The number of carbonyl (C=O) groups excluding carboxylic acids is 2. The van der Waals surface area contributed by atoms with Gasteiger partial charge in [-0.25, -0.2) is 4.79 Å². The average Bonchev–Trinajstić information content (AvgIpc) is 2.46. The van der Waals surface area contributed by atoms with Gasteiger partial charge >= 0.3 is 5.97 Å². The van der Waals surface area contributed by atoms with Gasteiger partial charge in [0.05, 0.1) is 7.11 Å². The summed E-state index contributed by atoms with van der Waals surface area (Å²) in [5.74, 6) is -1.65. The summed E-state index contributed by atoms with van der Waals surface area (Å²) in [4.78, 5) is 21.5. The van der Waals surface area contributed by atoms with Crippen molar-refractivity contribution >= 4 is 23.5 Å². The molecule has 1 heterocycles. The largest absolute Gasteiger partial charge is 0.465 e. The fourth-order valence-corrected chi connectivity index (χ4v) is 0.954. The van der Waals surface area contributed by atoms with Crippen molar-refractivity contribution in [3.8, 4) is 0 Å². The molecule has 1 aromatic rings. The van der Waals surface area contributed by atoms with Crippen molar-refractivity contribution in [3.63, 3.8) is 0 Å². The number of furan rings is 1. The predicted octanol–water partition coefficient (Wildman–Crippen LogP) is 0.819. The Hall–Kier alpha value is -1.49. The Labute approximate surface area is 78.4 Å². The maximum atomic E-state index is 11.0. The molecule has 0 unspecified atom stereocenters. The van der Waals surface area contributed by atoms with Gasteiger partial charge in [0, 0.05) is 6.07 Å². The quantitative estimate of drug-likeness (QED) is 0.722. The van der Waals surface area contributed by atoms with Crippen molar-refractivity contribution in [2.24, 2.45) is 5.73 Å². The van der Waals surface area contributed by atoms with Crippen molar-refractivity contribution in [1.29, 1.82) is 0 Å². The molecule has 0 fully saturated rings. The molecular weight excluding hydrogens is 198 g/mol. The monoisotopic (exact) mass is 203 g/mol. The van der Waals surface area contributed by atoms with Gasteiger partial charge in [0.2, 0.25) is 5.22 Å². The van der Waals surface area contributed by atoms with E-state index in [-0.39, 0.29) is 16.5 Å². The van der Waals surface area contributed by atoms with E-state index in [1.165, 1.54) is 7.11 Å². The van der Waals surface area contributed by atoms with Crippen LogP contribution >= 0.6 is 11.6 Å². The van der Waals surface area contributed by atoms with Gasteiger partial charge in [0.25, 0.3) is 5.91 Å². The zero-order chi connectivity index (χ0) is 10.0. The highest BCUT2D eigenvalue weighted by molar-refractivity contribution is 6.32. The summed E-state index contributed by atoms with van der Waals surface area (Å²) in [7, 11) is 1.19. The van der Waals surface area contributed by atoms with Crippen LogP contribution in [-0.4, -0.2) is 19.0 Å². The minimum Gasteiger partial charge on any atom is -0.465 e. The van der Waals surface area contributed by atoms with Gasteiger partial charge in [-0.1, -0.05) is 0 Å². The third-order valence-electron chi connectivity index (χ3n) is 1.33. The molecule has 1 aromatic heterocycles. The fraction of sp³-hybridized carbons (Fsp3) is 0.143. The van der Waals surface area contributed by atoms with Gasteiger partial charge < -0.3 is 14.9 Å². The molecule has 2 N–H and O–H groups in total. The van der Waals surface area contributed by atoms with E-state index in [1.807, 2.05) is 0 Å². The van der Waals surface area contributed by atoms with Crippen LogP contribution in [0.2, 0.25) is 5.22 Å². The Bertz CT molecular complexity index is 357. The minimum atomic E-state index is -0.794. The lowest BCUT2D eigenvalue weighted by atomic mass is 10.3. The highest BCUT2D eigenvalue weighted by Gasteiger charge is 2.19. The normalized spacial score (nSPS) is 9.69. The Morgan fingerprint density at radius 3 is 2.62 bits per heavy atom.